The number of amides is 1. The van der Waals surface area contributed by atoms with Crippen LogP contribution in [0.15, 0.2) is 23.1 Å². The Balaban J connectivity index is 1.44. The van der Waals surface area contributed by atoms with Crippen molar-refractivity contribution < 1.29 is 14.6 Å². The van der Waals surface area contributed by atoms with Gasteiger partial charge in [-0.1, -0.05) is 6.92 Å². The highest BCUT2D eigenvalue weighted by Crippen LogP contribution is 2.29. The summed E-state index contributed by atoms with van der Waals surface area (Å²) in [6.07, 6.45) is 6.85. The van der Waals surface area contributed by atoms with Crippen LogP contribution in [0.1, 0.15) is 49.4 Å². The van der Waals surface area contributed by atoms with Crippen LogP contribution in [0.3, 0.4) is 0 Å². The zero-order chi connectivity index (χ0) is 21.5. The minimum atomic E-state index is -0.491. The highest BCUT2D eigenvalue weighted by Gasteiger charge is 2.38. The molecule has 0 radical (unpaired) electrons. The number of aromatic hydroxyl groups is 1. The van der Waals surface area contributed by atoms with E-state index in [0.29, 0.717) is 36.1 Å². The van der Waals surface area contributed by atoms with Crippen LogP contribution < -0.4 is 10.9 Å². The van der Waals surface area contributed by atoms with E-state index in [1.54, 1.807) is 22.9 Å². The Morgan fingerprint density at radius 2 is 2.10 bits per heavy atom. The molecule has 2 bridgehead atoms. The van der Waals surface area contributed by atoms with E-state index in [1.807, 2.05) is 0 Å². The number of hydrogen-bond donors (Lipinski definition) is 2. The molecule has 166 valence electrons. The van der Waals surface area contributed by atoms with Crippen LogP contribution in [0.5, 0.6) is 5.75 Å². The third kappa shape index (κ3) is 3.83. The van der Waals surface area contributed by atoms with E-state index in [-0.39, 0.29) is 23.5 Å². The lowest BCUT2D eigenvalue weighted by Crippen LogP contribution is -2.42. The lowest BCUT2D eigenvalue weighted by molar-refractivity contribution is 0.0294. The van der Waals surface area contributed by atoms with Crippen LogP contribution in [0.2, 0.25) is 0 Å². The molecule has 2 aliphatic heterocycles. The zero-order valence-corrected chi connectivity index (χ0v) is 17.9. The molecule has 0 aromatic carbocycles. The van der Waals surface area contributed by atoms with Gasteiger partial charge in [-0.3, -0.25) is 19.1 Å². The third-order valence-electron chi connectivity index (χ3n) is 7.20. The van der Waals surface area contributed by atoms with Gasteiger partial charge in [0.2, 0.25) is 0 Å². The summed E-state index contributed by atoms with van der Waals surface area (Å²) in [4.78, 5) is 33.1. The molecule has 8 heteroatoms. The first kappa shape index (κ1) is 20.5. The average Bonchev–Trinajstić information content (AvgIpc) is 3.39. The SMILES string of the molecule is CC1CCC(NC(=O)c2c(O)c3cccnc3n(CCN3C[C@H]4C[C@@H]3CO4)c2=O)CC1. The van der Waals surface area contributed by atoms with Crippen LogP contribution in [-0.4, -0.2) is 63.3 Å². The lowest BCUT2D eigenvalue weighted by atomic mass is 9.87. The fourth-order valence-electron chi connectivity index (χ4n) is 5.32. The molecular weight excluding hydrogens is 396 g/mol. The number of nitrogens with one attached hydrogen (secondary N) is 1. The summed E-state index contributed by atoms with van der Waals surface area (Å²) >= 11 is 0. The summed E-state index contributed by atoms with van der Waals surface area (Å²) in [6.45, 7) is 4.93. The van der Waals surface area contributed by atoms with E-state index in [9.17, 15) is 14.7 Å². The Hall–Kier alpha value is -2.45. The van der Waals surface area contributed by atoms with Gasteiger partial charge in [0.1, 0.15) is 17.0 Å². The summed E-state index contributed by atoms with van der Waals surface area (Å²) in [5.74, 6) is -0.105. The molecule has 5 rings (SSSR count). The minimum Gasteiger partial charge on any atom is -0.506 e. The van der Waals surface area contributed by atoms with E-state index in [0.717, 1.165) is 45.3 Å². The second kappa shape index (κ2) is 8.24. The summed E-state index contributed by atoms with van der Waals surface area (Å²) in [5, 5.41) is 14.2. The van der Waals surface area contributed by atoms with Crippen LogP contribution in [-0.2, 0) is 11.3 Å². The molecule has 3 fully saturated rings. The molecule has 31 heavy (non-hydrogen) atoms. The maximum atomic E-state index is 13.4. The lowest BCUT2D eigenvalue weighted by Gasteiger charge is -2.28. The largest absolute Gasteiger partial charge is 0.506 e. The van der Waals surface area contributed by atoms with Crippen molar-refractivity contribution in [3.05, 3.63) is 34.2 Å². The minimum absolute atomic E-state index is 0.0423. The number of likely N-dealkylation sites (tertiary alicyclic amines) is 1. The maximum absolute atomic E-state index is 13.4. The number of ether oxygens (including phenoxy) is 1. The van der Waals surface area contributed by atoms with Gasteiger partial charge >= 0.3 is 0 Å². The van der Waals surface area contributed by atoms with Crippen LogP contribution >= 0.6 is 0 Å². The number of pyridine rings is 2. The van der Waals surface area contributed by atoms with Crippen molar-refractivity contribution in [3.8, 4) is 5.75 Å². The van der Waals surface area contributed by atoms with Gasteiger partial charge in [0.25, 0.3) is 11.5 Å². The normalized spacial score (nSPS) is 28.3. The number of aromatic nitrogens is 2. The molecule has 1 saturated carbocycles. The Labute approximate surface area is 181 Å². The second-order valence-electron chi connectivity index (χ2n) is 9.33. The van der Waals surface area contributed by atoms with E-state index in [2.05, 4.69) is 22.1 Å². The molecule has 2 aromatic rings. The molecule has 1 amide bonds. The predicted octanol–water partition coefficient (Wildman–Crippen LogP) is 1.88. The summed E-state index contributed by atoms with van der Waals surface area (Å²) in [5.41, 5.74) is -0.245. The molecule has 4 heterocycles. The van der Waals surface area contributed by atoms with Crippen molar-refractivity contribution in [2.24, 2.45) is 5.92 Å². The highest BCUT2D eigenvalue weighted by atomic mass is 16.5. The van der Waals surface area contributed by atoms with Crippen LogP contribution in [0.25, 0.3) is 11.0 Å². The molecule has 2 N–H and O–H groups in total. The standard InChI is InChI=1S/C23H30N4O4/c1-14-4-6-15(7-5-14)25-22(29)19-20(28)18-3-2-8-24-21(18)27(23(19)30)10-9-26-12-17-11-16(26)13-31-17/h2-3,8,14-17,28H,4-7,9-13H2,1H3,(H,25,29)/t14?,15?,16-,17-/m1/s1. The monoisotopic (exact) mass is 426 g/mol. The van der Waals surface area contributed by atoms with Gasteiger partial charge in [-0.15, -0.1) is 0 Å². The number of carbonyl (C=O) groups excluding carboxylic acids is 1. The fraction of sp³-hybridized carbons (Fsp3) is 0.609. The first-order chi connectivity index (χ1) is 15.0. The summed E-state index contributed by atoms with van der Waals surface area (Å²) in [6, 6.07) is 3.85. The van der Waals surface area contributed by atoms with Crippen molar-refractivity contribution >= 4 is 16.9 Å². The molecule has 0 unspecified atom stereocenters. The molecule has 8 nitrogen and oxygen atoms in total. The highest BCUT2D eigenvalue weighted by molar-refractivity contribution is 6.01. The molecule has 2 saturated heterocycles. The van der Waals surface area contributed by atoms with E-state index in [1.165, 1.54) is 0 Å². The van der Waals surface area contributed by atoms with Gasteiger partial charge in [0.05, 0.1) is 18.1 Å². The van der Waals surface area contributed by atoms with Crippen molar-refractivity contribution in [3.63, 3.8) is 0 Å². The van der Waals surface area contributed by atoms with Gasteiger partial charge < -0.3 is 15.2 Å². The number of rotatable bonds is 5. The summed E-state index contributed by atoms with van der Waals surface area (Å²) < 4.78 is 7.21. The van der Waals surface area contributed by atoms with Crippen LogP contribution in [0.4, 0.5) is 0 Å². The van der Waals surface area contributed by atoms with Gasteiger partial charge in [0, 0.05) is 37.9 Å². The fourth-order valence-corrected chi connectivity index (χ4v) is 5.32. The van der Waals surface area contributed by atoms with E-state index in [4.69, 9.17) is 4.74 Å². The first-order valence-corrected chi connectivity index (χ1v) is 11.4. The van der Waals surface area contributed by atoms with Gasteiger partial charge in [-0.2, -0.15) is 0 Å². The topological polar surface area (TPSA) is 96.7 Å². The van der Waals surface area contributed by atoms with Gasteiger partial charge in [0.15, 0.2) is 0 Å². The van der Waals surface area contributed by atoms with Crippen molar-refractivity contribution in [1.29, 1.82) is 0 Å². The first-order valence-electron chi connectivity index (χ1n) is 11.4. The number of nitrogens with zero attached hydrogens (tertiary/aromatic N) is 3. The number of morpholine rings is 1. The Bertz CT molecular complexity index is 1040. The number of carbonyl (C=O) groups is 1. The Morgan fingerprint density at radius 1 is 1.29 bits per heavy atom. The number of hydrogen-bond acceptors (Lipinski definition) is 6. The van der Waals surface area contributed by atoms with Gasteiger partial charge in [-0.05, 0) is 50.2 Å². The van der Waals surface area contributed by atoms with Crippen molar-refractivity contribution in [2.75, 3.05) is 19.7 Å². The quantitative estimate of drug-likeness (QED) is 0.758. The zero-order valence-electron chi connectivity index (χ0n) is 17.9. The maximum Gasteiger partial charge on any atom is 0.268 e. The van der Waals surface area contributed by atoms with Gasteiger partial charge in [-0.25, -0.2) is 4.98 Å². The second-order valence-corrected chi connectivity index (χ2v) is 9.33. The third-order valence-corrected chi connectivity index (χ3v) is 7.20. The molecule has 3 aliphatic rings. The smallest absolute Gasteiger partial charge is 0.268 e. The molecule has 2 atom stereocenters. The number of fused-ring (bicyclic) bond motifs is 3. The van der Waals surface area contributed by atoms with E-state index >= 15 is 0 Å². The molecule has 2 aromatic heterocycles. The predicted molar refractivity (Wildman–Crippen MR) is 116 cm³/mol. The average molecular weight is 427 g/mol. The van der Waals surface area contributed by atoms with Crippen molar-refractivity contribution in [1.82, 2.24) is 19.8 Å². The summed E-state index contributed by atoms with van der Waals surface area (Å²) in [7, 11) is 0. The molecular formula is C23H30N4O4. The van der Waals surface area contributed by atoms with Crippen LogP contribution in [0, 0.1) is 5.92 Å². The Morgan fingerprint density at radius 3 is 2.81 bits per heavy atom. The van der Waals surface area contributed by atoms with E-state index < -0.39 is 11.5 Å². The van der Waals surface area contributed by atoms with Crippen molar-refractivity contribution in [2.45, 2.75) is 63.8 Å². The molecule has 1 aliphatic carbocycles. The Kier molecular flexibility index (Phi) is 5.44. The molecule has 0 spiro atoms.